The number of imidazole rings is 2. The monoisotopic (exact) mass is 372 g/mol. The highest BCUT2D eigenvalue weighted by atomic mass is 32.2. The molecule has 138 valence electrons. The maximum absolute atomic E-state index is 12.1. The number of nitrogens with zero attached hydrogens (tertiary/aromatic N) is 4. The van der Waals surface area contributed by atoms with Gasteiger partial charge < -0.3 is 19.8 Å². The van der Waals surface area contributed by atoms with E-state index in [1.807, 2.05) is 36.0 Å². The number of rotatable bonds is 7. The van der Waals surface area contributed by atoms with Crippen LogP contribution in [0.3, 0.4) is 0 Å². The van der Waals surface area contributed by atoms with E-state index in [1.54, 1.807) is 18.0 Å². The van der Waals surface area contributed by atoms with Crippen LogP contribution in [-0.4, -0.2) is 37.4 Å². The van der Waals surface area contributed by atoms with Gasteiger partial charge in [0.1, 0.15) is 5.82 Å². The topological polar surface area (TPSA) is 76.8 Å². The molecule has 0 spiro atoms. The van der Waals surface area contributed by atoms with E-state index < -0.39 is 0 Å². The fourth-order valence-electron chi connectivity index (χ4n) is 2.85. The number of benzene rings is 1. The quantitative estimate of drug-likeness (QED) is 0.493. The Balaban J connectivity index is 1.54. The number of thioether (sulfide) groups is 1. The first kappa shape index (κ1) is 18.3. The first-order valence-electron chi connectivity index (χ1n) is 8.76. The maximum Gasteiger partial charge on any atom is 0.319 e. The Morgan fingerprint density at radius 1 is 1.31 bits per heavy atom. The van der Waals surface area contributed by atoms with E-state index in [1.165, 1.54) is 0 Å². The van der Waals surface area contributed by atoms with Crippen LogP contribution in [0.2, 0.25) is 0 Å². The molecule has 2 N–H and O–H groups in total. The number of fused-ring (bicyclic) bond motifs is 1. The highest BCUT2D eigenvalue weighted by Gasteiger charge is 2.09. The number of aryl methyl sites for hydroxylation is 3. The van der Waals surface area contributed by atoms with Gasteiger partial charge in [-0.05, 0) is 25.1 Å². The molecule has 2 aromatic heterocycles. The molecule has 7 nitrogen and oxygen atoms in total. The van der Waals surface area contributed by atoms with E-state index in [4.69, 9.17) is 0 Å². The van der Waals surface area contributed by atoms with Gasteiger partial charge in [0, 0.05) is 50.4 Å². The first-order chi connectivity index (χ1) is 12.6. The molecule has 0 unspecified atom stereocenters. The third-order valence-electron chi connectivity index (χ3n) is 4.11. The average Bonchev–Trinajstić information content (AvgIpc) is 3.20. The van der Waals surface area contributed by atoms with E-state index in [9.17, 15) is 4.79 Å². The second-order valence-corrected chi connectivity index (χ2v) is 6.94. The fourth-order valence-corrected chi connectivity index (χ4v) is 3.64. The number of aromatic nitrogens is 4. The Bertz CT molecular complexity index is 900. The number of nitrogens with one attached hydrogen (secondary N) is 2. The molecule has 2 amide bonds. The fraction of sp³-hybridized carbons (Fsp3) is 0.389. The van der Waals surface area contributed by atoms with Gasteiger partial charge in [-0.2, -0.15) is 0 Å². The molecule has 26 heavy (non-hydrogen) atoms. The summed E-state index contributed by atoms with van der Waals surface area (Å²) in [5.74, 6) is 1.83. The molecule has 0 aliphatic heterocycles. The zero-order valence-corrected chi connectivity index (χ0v) is 16.1. The van der Waals surface area contributed by atoms with Crippen molar-refractivity contribution in [2.24, 2.45) is 7.05 Å². The molecule has 0 aliphatic carbocycles. The summed E-state index contributed by atoms with van der Waals surface area (Å²) in [6, 6.07) is 5.63. The van der Waals surface area contributed by atoms with Crippen LogP contribution < -0.4 is 10.6 Å². The Morgan fingerprint density at radius 3 is 2.85 bits per heavy atom. The van der Waals surface area contributed by atoms with Gasteiger partial charge in [-0.25, -0.2) is 14.8 Å². The second kappa shape index (κ2) is 8.27. The second-order valence-electron chi connectivity index (χ2n) is 5.88. The van der Waals surface area contributed by atoms with Gasteiger partial charge >= 0.3 is 6.03 Å². The summed E-state index contributed by atoms with van der Waals surface area (Å²) in [5, 5.41) is 6.68. The molecule has 1 aromatic carbocycles. The largest absolute Gasteiger partial charge is 0.337 e. The number of carbonyl (C=O) groups is 1. The van der Waals surface area contributed by atoms with Gasteiger partial charge in [0.25, 0.3) is 0 Å². The lowest BCUT2D eigenvalue weighted by Crippen LogP contribution is -2.30. The summed E-state index contributed by atoms with van der Waals surface area (Å²) in [7, 11) is 1.95. The SMILES string of the molecule is CCc1nc2cc(NC(=O)NCCSc3nccn3C)ccc2n1CC. The van der Waals surface area contributed by atoms with E-state index in [2.05, 4.69) is 39.0 Å². The predicted molar refractivity (Wildman–Crippen MR) is 106 cm³/mol. The van der Waals surface area contributed by atoms with E-state index in [0.29, 0.717) is 6.54 Å². The molecular weight excluding hydrogens is 348 g/mol. The van der Waals surface area contributed by atoms with E-state index in [0.717, 1.165) is 46.4 Å². The Hall–Kier alpha value is -2.48. The van der Waals surface area contributed by atoms with Gasteiger partial charge in [0.15, 0.2) is 5.16 Å². The molecule has 3 rings (SSSR count). The lowest BCUT2D eigenvalue weighted by Gasteiger charge is -2.08. The smallest absolute Gasteiger partial charge is 0.319 e. The summed E-state index contributed by atoms with van der Waals surface area (Å²) >= 11 is 1.61. The summed E-state index contributed by atoms with van der Waals surface area (Å²) < 4.78 is 4.16. The van der Waals surface area contributed by atoms with Gasteiger partial charge in [0.05, 0.1) is 11.0 Å². The van der Waals surface area contributed by atoms with Crippen molar-refractivity contribution in [1.29, 1.82) is 0 Å². The van der Waals surface area contributed by atoms with Crippen molar-refractivity contribution in [2.45, 2.75) is 32.0 Å². The van der Waals surface area contributed by atoms with Crippen molar-refractivity contribution in [2.75, 3.05) is 17.6 Å². The minimum Gasteiger partial charge on any atom is -0.337 e. The molecule has 3 aromatic rings. The third kappa shape index (κ3) is 4.01. The van der Waals surface area contributed by atoms with Crippen LogP contribution >= 0.6 is 11.8 Å². The van der Waals surface area contributed by atoms with E-state index >= 15 is 0 Å². The molecule has 0 saturated heterocycles. The standard InChI is InChI=1S/C18H24N6OS/c1-4-16-22-14-12-13(6-7-15(14)24(16)5-2)21-17(25)19-9-11-26-18-20-8-10-23(18)3/h6-8,10,12H,4-5,9,11H2,1-3H3,(H2,19,21,25). The summed E-state index contributed by atoms with van der Waals surface area (Å²) in [5.41, 5.74) is 2.75. The number of carbonyl (C=O) groups excluding carboxylic acids is 1. The Morgan fingerprint density at radius 2 is 2.15 bits per heavy atom. The van der Waals surface area contributed by atoms with Crippen LogP contribution in [0.1, 0.15) is 19.7 Å². The number of hydrogen-bond donors (Lipinski definition) is 2. The lowest BCUT2D eigenvalue weighted by molar-refractivity contribution is 0.252. The van der Waals surface area contributed by atoms with Crippen molar-refractivity contribution in [1.82, 2.24) is 24.4 Å². The first-order valence-corrected chi connectivity index (χ1v) is 9.75. The molecule has 0 fully saturated rings. The maximum atomic E-state index is 12.1. The minimum absolute atomic E-state index is 0.213. The van der Waals surface area contributed by atoms with Crippen LogP contribution in [0.5, 0.6) is 0 Å². The van der Waals surface area contributed by atoms with Crippen LogP contribution in [0.25, 0.3) is 11.0 Å². The number of hydrogen-bond acceptors (Lipinski definition) is 4. The zero-order chi connectivity index (χ0) is 18.5. The average molecular weight is 372 g/mol. The molecule has 2 heterocycles. The van der Waals surface area contributed by atoms with Gasteiger partial charge in [0.2, 0.25) is 0 Å². The highest BCUT2D eigenvalue weighted by Crippen LogP contribution is 2.21. The van der Waals surface area contributed by atoms with Gasteiger partial charge in [-0.15, -0.1) is 0 Å². The lowest BCUT2D eigenvalue weighted by atomic mass is 10.2. The number of amides is 2. The predicted octanol–water partition coefficient (Wildman–Crippen LogP) is 3.27. The van der Waals surface area contributed by atoms with Crippen molar-refractivity contribution in [3.63, 3.8) is 0 Å². The van der Waals surface area contributed by atoms with E-state index in [-0.39, 0.29) is 6.03 Å². The summed E-state index contributed by atoms with van der Waals surface area (Å²) in [4.78, 5) is 21.0. The minimum atomic E-state index is -0.213. The molecule has 0 aliphatic rings. The van der Waals surface area contributed by atoms with Crippen molar-refractivity contribution >= 4 is 34.5 Å². The molecule has 0 atom stereocenters. The van der Waals surface area contributed by atoms with Crippen molar-refractivity contribution in [3.05, 3.63) is 36.4 Å². The molecule has 8 heteroatoms. The summed E-state index contributed by atoms with van der Waals surface area (Å²) in [6.45, 7) is 5.67. The molecule has 0 radical (unpaired) electrons. The van der Waals surface area contributed by atoms with Crippen molar-refractivity contribution in [3.8, 4) is 0 Å². The van der Waals surface area contributed by atoms with Crippen LogP contribution in [0.15, 0.2) is 35.7 Å². The van der Waals surface area contributed by atoms with Crippen LogP contribution in [0.4, 0.5) is 10.5 Å². The van der Waals surface area contributed by atoms with Crippen LogP contribution in [-0.2, 0) is 20.0 Å². The summed E-state index contributed by atoms with van der Waals surface area (Å²) in [6.07, 6.45) is 4.56. The highest BCUT2D eigenvalue weighted by molar-refractivity contribution is 7.99. The molecular formula is C18H24N6OS. The normalized spacial score (nSPS) is 11.0. The van der Waals surface area contributed by atoms with Gasteiger partial charge in [-0.1, -0.05) is 18.7 Å². The zero-order valence-electron chi connectivity index (χ0n) is 15.3. The third-order valence-corrected chi connectivity index (χ3v) is 5.17. The Labute approximate surface area is 157 Å². The molecule has 0 bridgehead atoms. The Kier molecular flexibility index (Phi) is 5.82. The van der Waals surface area contributed by atoms with Crippen LogP contribution in [0, 0.1) is 0 Å². The number of urea groups is 1. The van der Waals surface area contributed by atoms with Crippen molar-refractivity contribution < 1.29 is 4.79 Å². The molecule has 0 saturated carbocycles. The van der Waals surface area contributed by atoms with Gasteiger partial charge in [-0.3, -0.25) is 0 Å². The number of anilines is 1.